The molecule has 1 heterocycles. The number of benzene rings is 2. The minimum atomic E-state index is -4.09. The monoisotopic (exact) mass is 394 g/mol. The van der Waals surface area contributed by atoms with Gasteiger partial charge < -0.3 is 0 Å². The Labute approximate surface area is 152 Å². The molecule has 3 rings (SSSR count). The van der Waals surface area contributed by atoms with Crippen molar-refractivity contribution in [1.82, 2.24) is 10.3 Å². The van der Waals surface area contributed by atoms with Crippen molar-refractivity contribution in [3.63, 3.8) is 0 Å². The fourth-order valence-electron chi connectivity index (χ4n) is 2.10. The number of nitrogens with one attached hydrogen (secondary N) is 2. The third-order valence-corrected chi connectivity index (χ3v) is 5.74. The molecule has 0 aliphatic heterocycles. The number of hydrogen-bond donors (Lipinski definition) is 2. The Kier molecular flexibility index (Phi) is 5.12. The summed E-state index contributed by atoms with van der Waals surface area (Å²) >= 11 is 1.12. The first-order valence-electron chi connectivity index (χ1n) is 7.29. The maximum Gasteiger partial charge on any atom is 0.276 e. The molecule has 0 bridgehead atoms. The van der Waals surface area contributed by atoms with E-state index in [4.69, 9.17) is 0 Å². The SMILES string of the molecule is O=C(NNS(=O)(=O)c1cccc(F)c1)c1ccc(-c2ccc(F)cc2)s1. The zero-order valence-corrected chi connectivity index (χ0v) is 14.7. The van der Waals surface area contributed by atoms with Crippen molar-refractivity contribution >= 4 is 27.3 Å². The molecule has 3 aromatic rings. The van der Waals surface area contributed by atoms with Crippen LogP contribution in [0.15, 0.2) is 65.6 Å². The lowest BCUT2D eigenvalue weighted by Gasteiger charge is -2.07. The molecule has 0 aliphatic carbocycles. The van der Waals surface area contributed by atoms with Crippen LogP contribution in [0.2, 0.25) is 0 Å². The molecule has 134 valence electrons. The molecule has 1 aromatic heterocycles. The van der Waals surface area contributed by atoms with Gasteiger partial charge in [-0.25, -0.2) is 17.2 Å². The summed E-state index contributed by atoms with van der Waals surface area (Å²) < 4.78 is 50.2. The minimum absolute atomic E-state index is 0.256. The Bertz CT molecular complexity index is 1050. The number of carbonyl (C=O) groups is 1. The molecule has 0 saturated carbocycles. The zero-order valence-electron chi connectivity index (χ0n) is 13.1. The number of thiophene rings is 1. The summed E-state index contributed by atoms with van der Waals surface area (Å²) in [5, 5.41) is 0. The maximum absolute atomic E-state index is 13.1. The summed E-state index contributed by atoms with van der Waals surface area (Å²) in [6.45, 7) is 0. The van der Waals surface area contributed by atoms with Crippen molar-refractivity contribution in [3.05, 3.63) is 77.2 Å². The molecule has 0 spiro atoms. The van der Waals surface area contributed by atoms with Crippen molar-refractivity contribution in [2.45, 2.75) is 4.90 Å². The molecule has 0 unspecified atom stereocenters. The molecular weight excluding hydrogens is 382 g/mol. The lowest BCUT2D eigenvalue weighted by molar-refractivity contribution is 0.0949. The first-order chi connectivity index (χ1) is 12.3. The summed E-state index contributed by atoms with van der Waals surface area (Å²) in [6.07, 6.45) is 0. The Morgan fingerprint density at radius 1 is 0.923 bits per heavy atom. The van der Waals surface area contributed by atoms with E-state index in [0.29, 0.717) is 0 Å². The minimum Gasteiger partial charge on any atom is -0.273 e. The highest BCUT2D eigenvalue weighted by molar-refractivity contribution is 7.89. The second-order valence-corrected chi connectivity index (χ2v) is 7.95. The van der Waals surface area contributed by atoms with Gasteiger partial charge in [-0.2, -0.15) is 0 Å². The smallest absolute Gasteiger partial charge is 0.273 e. The Balaban J connectivity index is 1.70. The van der Waals surface area contributed by atoms with Gasteiger partial charge in [-0.3, -0.25) is 10.2 Å². The zero-order chi connectivity index (χ0) is 18.7. The lowest BCUT2D eigenvalue weighted by Crippen LogP contribution is -2.41. The van der Waals surface area contributed by atoms with Crippen LogP contribution in [0.1, 0.15) is 9.67 Å². The average Bonchev–Trinajstić information content (AvgIpc) is 3.10. The molecule has 2 aromatic carbocycles. The third-order valence-electron chi connectivity index (χ3n) is 3.36. The molecule has 0 radical (unpaired) electrons. The molecule has 5 nitrogen and oxygen atoms in total. The number of amides is 1. The first kappa shape index (κ1) is 18.2. The van der Waals surface area contributed by atoms with Crippen molar-refractivity contribution in [1.29, 1.82) is 0 Å². The van der Waals surface area contributed by atoms with Crippen LogP contribution < -0.4 is 10.3 Å². The molecule has 0 aliphatic rings. The fourth-order valence-corrected chi connectivity index (χ4v) is 3.87. The highest BCUT2D eigenvalue weighted by Crippen LogP contribution is 2.28. The summed E-state index contributed by atoms with van der Waals surface area (Å²) in [7, 11) is -4.09. The second-order valence-electron chi connectivity index (χ2n) is 5.19. The Hall–Kier alpha value is -2.62. The molecule has 1 amide bonds. The van der Waals surface area contributed by atoms with E-state index in [-0.39, 0.29) is 15.6 Å². The van der Waals surface area contributed by atoms with Crippen LogP contribution in [0, 0.1) is 11.6 Å². The summed E-state index contributed by atoms with van der Waals surface area (Å²) in [5.41, 5.74) is 2.81. The van der Waals surface area contributed by atoms with Gasteiger partial charge in [0.1, 0.15) is 11.6 Å². The van der Waals surface area contributed by atoms with E-state index in [9.17, 15) is 22.0 Å². The molecule has 26 heavy (non-hydrogen) atoms. The van der Waals surface area contributed by atoms with E-state index in [2.05, 4.69) is 5.43 Å². The van der Waals surface area contributed by atoms with E-state index in [1.807, 2.05) is 4.83 Å². The average molecular weight is 394 g/mol. The van der Waals surface area contributed by atoms with Crippen LogP contribution in [0.5, 0.6) is 0 Å². The van der Waals surface area contributed by atoms with Gasteiger partial charge in [-0.15, -0.1) is 16.2 Å². The van der Waals surface area contributed by atoms with Crippen molar-refractivity contribution < 1.29 is 22.0 Å². The predicted octanol–water partition coefficient (Wildman–Crippen LogP) is 3.32. The van der Waals surface area contributed by atoms with E-state index in [0.717, 1.165) is 33.9 Å². The molecule has 0 atom stereocenters. The number of sulfonamides is 1. The molecule has 9 heteroatoms. The number of carbonyl (C=O) groups excluding carboxylic acids is 1. The van der Waals surface area contributed by atoms with E-state index < -0.39 is 21.7 Å². The van der Waals surface area contributed by atoms with E-state index in [1.54, 1.807) is 18.2 Å². The number of halogens is 2. The second kappa shape index (κ2) is 7.32. The topological polar surface area (TPSA) is 75.3 Å². The fraction of sp³-hybridized carbons (Fsp3) is 0. The van der Waals surface area contributed by atoms with Gasteiger partial charge in [0.25, 0.3) is 15.9 Å². The lowest BCUT2D eigenvalue weighted by atomic mass is 10.2. The van der Waals surface area contributed by atoms with E-state index in [1.165, 1.54) is 30.3 Å². The number of rotatable bonds is 5. The third kappa shape index (κ3) is 4.13. The van der Waals surface area contributed by atoms with Crippen LogP contribution in [0.25, 0.3) is 10.4 Å². The first-order valence-corrected chi connectivity index (χ1v) is 9.58. The molecule has 0 saturated heterocycles. The van der Waals surface area contributed by atoms with Crippen molar-refractivity contribution in [2.24, 2.45) is 0 Å². The molecular formula is C17H12F2N2O3S2. The Morgan fingerprint density at radius 3 is 2.35 bits per heavy atom. The number of hydrazine groups is 1. The highest BCUT2D eigenvalue weighted by atomic mass is 32.2. The van der Waals surface area contributed by atoms with Gasteiger partial charge in [0.2, 0.25) is 0 Å². The quantitative estimate of drug-likeness (QED) is 0.652. The summed E-state index contributed by atoms with van der Waals surface area (Å²) in [5.74, 6) is -1.74. The van der Waals surface area contributed by atoms with E-state index >= 15 is 0 Å². The predicted molar refractivity (Wildman–Crippen MR) is 93.9 cm³/mol. The highest BCUT2D eigenvalue weighted by Gasteiger charge is 2.17. The standard InChI is InChI=1S/C17H12F2N2O3S2/c18-12-6-4-11(5-7-12)15-8-9-16(25-15)17(22)20-21-26(23,24)14-3-1-2-13(19)10-14/h1-10,21H,(H,20,22). The van der Waals surface area contributed by atoms with Crippen LogP contribution in [0.4, 0.5) is 8.78 Å². The number of hydrogen-bond acceptors (Lipinski definition) is 4. The van der Waals surface area contributed by atoms with Gasteiger partial charge in [0, 0.05) is 4.88 Å². The van der Waals surface area contributed by atoms with Crippen LogP contribution in [-0.4, -0.2) is 14.3 Å². The molecule has 2 N–H and O–H groups in total. The van der Waals surface area contributed by atoms with Gasteiger partial charge in [-0.1, -0.05) is 18.2 Å². The maximum atomic E-state index is 13.1. The molecule has 0 fully saturated rings. The van der Waals surface area contributed by atoms with Crippen molar-refractivity contribution in [3.8, 4) is 10.4 Å². The van der Waals surface area contributed by atoms with Crippen molar-refractivity contribution in [2.75, 3.05) is 0 Å². The van der Waals surface area contributed by atoms with Gasteiger partial charge in [-0.05, 0) is 48.0 Å². The van der Waals surface area contributed by atoms with Gasteiger partial charge in [0.15, 0.2) is 0 Å². The van der Waals surface area contributed by atoms with Crippen LogP contribution in [-0.2, 0) is 10.0 Å². The largest absolute Gasteiger partial charge is 0.276 e. The normalized spacial score (nSPS) is 11.3. The van der Waals surface area contributed by atoms with Gasteiger partial charge >= 0.3 is 0 Å². The van der Waals surface area contributed by atoms with Crippen LogP contribution in [0.3, 0.4) is 0 Å². The Morgan fingerprint density at radius 2 is 1.65 bits per heavy atom. The van der Waals surface area contributed by atoms with Crippen LogP contribution >= 0.6 is 11.3 Å². The summed E-state index contributed by atoms with van der Waals surface area (Å²) in [6, 6.07) is 13.4. The van der Waals surface area contributed by atoms with Gasteiger partial charge in [0.05, 0.1) is 9.77 Å². The summed E-state index contributed by atoms with van der Waals surface area (Å²) in [4.78, 5) is 14.7.